The van der Waals surface area contributed by atoms with Crippen molar-refractivity contribution in [1.29, 1.82) is 0 Å². The van der Waals surface area contributed by atoms with Crippen LogP contribution < -0.4 is 20.1 Å². The first-order valence-corrected chi connectivity index (χ1v) is 9.40. The van der Waals surface area contributed by atoms with E-state index in [1.807, 2.05) is 62.4 Å². The molecule has 6 nitrogen and oxygen atoms in total. The normalized spacial score (nSPS) is 10.3. The van der Waals surface area contributed by atoms with Gasteiger partial charge in [0.15, 0.2) is 0 Å². The van der Waals surface area contributed by atoms with E-state index in [-0.39, 0.29) is 5.91 Å². The third-order valence-electron chi connectivity index (χ3n) is 4.39. The lowest BCUT2D eigenvalue weighted by Crippen LogP contribution is -2.16. The van der Waals surface area contributed by atoms with Crippen molar-refractivity contribution in [3.8, 4) is 11.5 Å². The number of anilines is 2. The van der Waals surface area contributed by atoms with Crippen molar-refractivity contribution in [1.82, 2.24) is 4.98 Å². The molecule has 0 radical (unpaired) electrons. The Bertz CT molecular complexity index is 971. The van der Waals surface area contributed by atoms with Crippen LogP contribution >= 0.6 is 0 Å². The van der Waals surface area contributed by atoms with Crippen molar-refractivity contribution >= 4 is 17.3 Å². The van der Waals surface area contributed by atoms with Gasteiger partial charge in [0.2, 0.25) is 0 Å². The first kappa shape index (κ1) is 20.2. The summed E-state index contributed by atoms with van der Waals surface area (Å²) >= 11 is 0. The minimum absolute atomic E-state index is 0.239. The number of carbonyl (C=O) groups is 1. The summed E-state index contributed by atoms with van der Waals surface area (Å²) in [5.74, 6) is 1.33. The van der Waals surface area contributed by atoms with Crippen molar-refractivity contribution in [2.45, 2.75) is 13.8 Å². The molecule has 0 aliphatic carbocycles. The minimum Gasteiger partial charge on any atom is -0.497 e. The summed E-state index contributed by atoms with van der Waals surface area (Å²) in [5, 5.41) is 6.18. The van der Waals surface area contributed by atoms with Crippen LogP contribution in [0, 0.1) is 13.8 Å². The Morgan fingerprint density at radius 1 is 1.00 bits per heavy atom. The van der Waals surface area contributed by atoms with Crippen LogP contribution in [0.2, 0.25) is 0 Å². The van der Waals surface area contributed by atoms with Gasteiger partial charge < -0.3 is 20.1 Å². The van der Waals surface area contributed by atoms with Crippen molar-refractivity contribution in [2.75, 3.05) is 30.9 Å². The van der Waals surface area contributed by atoms with Crippen LogP contribution in [0.4, 0.5) is 11.4 Å². The number of hydrogen-bond donors (Lipinski definition) is 2. The lowest BCUT2D eigenvalue weighted by molar-refractivity contribution is 0.102. The molecule has 0 aliphatic heterocycles. The number of carbonyl (C=O) groups excluding carboxylic acids is 1. The molecule has 150 valence electrons. The molecular formula is C23H25N3O3. The molecule has 2 N–H and O–H groups in total. The van der Waals surface area contributed by atoms with E-state index in [1.54, 1.807) is 19.4 Å². The molecule has 6 heteroatoms. The van der Waals surface area contributed by atoms with Crippen LogP contribution in [0.25, 0.3) is 0 Å². The van der Waals surface area contributed by atoms with Crippen LogP contribution in [0.1, 0.15) is 21.6 Å². The summed E-state index contributed by atoms with van der Waals surface area (Å²) in [6.07, 6.45) is 1.62. The Kier molecular flexibility index (Phi) is 6.68. The molecule has 0 aliphatic rings. The Morgan fingerprint density at radius 3 is 2.52 bits per heavy atom. The Morgan fingerprint density at radius 2 is 1.76 bits per heavy atom. The first-order valence-electron chi connectivity index (χ1n) is 9.40. The van der Waals surface area contributed by atoms with Crippen LogP contribution in [-0.2, 0) is 0 Å². The lowest BCUT2D eigenvalue weighted by atomic mass is 10.1. The van der Waals surface area contributed by atoms with E-state index in [4.69, 9.17) is 9.47 Å². The van der Waals surface area contributed by atoms with E-state index < -0.39 is 0 Å². The second-order valence-corrected chi connectivity index (χ2v) is 6.65. The van der Waals surface area contributed by atoms with Gasteiger partial charge in [0.1, 0.15) is 23.8 Å². The van der Waals surface area contributed by atoms with E-state index in [1.165, 1.54) is 0 Å². The molecule has 1 aromatic heterocycles. The second kappa shape index (κ2) is 9.59. The van der Waals surface area contributed by atoms with Gasteiger partial charge in [0, 0.05) is 24.1 Å². The number of benzene rings is 2. The summed E-state index contributed by atoms with van der Waals surface area (Å²) in [6.45, 7) is 5.03. The molecule has 0 fully saturated rings. The molecule has 3 aromatic rings. The topological polar surface area (TPSA) is 72.5 Å². The van der Waals surface area contributed by atoms with Crippen LogP contribution in [0.15, 0.2) is 60.8 Å². The molecule has 29 heavy (non-hydrogen) atoms. The molecule has 1 heterocycles. The number of aromatic nitrogens is 1. The number of nitrogens with one attached hydrogen (secondary N) is 2. The molecule has 0 bridgehead atoms. The standard InChI is InChI=1S/C23H25N3O3/c1-16-4-5-17(2)21(14-16)26-23(27)22-15-18(10-11-25-22)24-12-13-29-20-8-6-19(28-3)7-9-20/h4-11,14-15H,12-13H2,1-3H3,(H,24,25)(H,26,27). The quantitative estimate of drug-likeness (QED) is 0.555. The minimum atomic E-state index is -0.239. The predicted molar refractivity (Wildman–Crippen MR) is 115 cm³/mol. The molecule has 0 unspecified atom stereocenters. The molecule has 3 rings (SSSR count). The van der Waals surface area contributed by atoms with Gasteiger partial charge in [0.25, 0.3) is 5.91 Å². The van der Waals surface area contributed by atoms with Crippen LogP contribution in [-0.4, -0.2) is 31.2 Å². The van der Waals surface area contributed by atoms with Gasteiger partial charge in [-0.2, -0.15) is 0 Å². The Hall–Kier alpha value is -3.54. The highest BCUT2D eigenvalue weighted by atomic mass is 16.5. The van der Waals surface area contributed by atoms with Gasteiger partial charge in [-0.15, -0.1) is 0 Å². The summed E-state index contributed by atoms with van der Waals surface area (Å²) in [5.41, 5.74) is 4.06. The first-order chi connectivity index (χ1) is 14.0. The fourth-order valence-electron chi connectivity index (χ4n) is 2.76. The highest BCUT2D eigenvalue weighted by Crippen LogP contribution is 2.18. The summed E-state index contributed by atoms with van der Waals surface area (Å²) in [7, 11) is 1.63. The maximum Gasteiger partial charge on any atom is 0.274 e. The highest BCUT2D eigenvalue weighted by Gasteiger charge is 2.10. The summed E-state index contributed by atoms with van der Waals surface area (Å²) in [6, 6.07) is 16.9. The van der Waals surface area contributed by atoms with Gasteiger partial charge in [0.05, 0.1) is 7.11 Å². The number of rotatable bonds is 8. The number of nitrogens with zero attached hydrogens (tertiary/aromatic N) is 1. The lowest BCUT2D eigenvalue weighted by Gasteiger charge is -2.11. The molecule has 0 atom stereocenters. The second-order valence-electron chi connectivity index (χ2n) is 6.65. The number of ether oxygens (including phenoxy) is 2. The Balaban J connectivity index is 1.53. The van der Waals surface area contributed by atoms with Crippen molar-refractivity contribution in [3.63, 3.8) is 0 Å². The van der Waals surface area contributed by atoms with Crippen molar-refractivity contribution < 1.29 is 14.3 Å². The monoisotopic (exact) mass is 391 g/mol. The zero-order valence-electron chi connectivity index (χ0n) is 16.9. The molecule has 1 amide bonds. The third-order valence-corrected chi connectivity index (χ3v) is 4.39. The van der Waals surface area contributed by atoms with Gasteiger partial charge in [-0.1, -0.05) is 12.1 Å². The largest absolute Gasteiger partial charge is 0.497 e. The number of pyridine rings is 1. The van der Waals surface area contributed by atoms with Gasteiger partial charge in [-0.3, -0.25) is 9.78 Å². The number of amides is 1. The zero-order chi connectivity index (χ0) is 20.6. The average Bonchev–Trinajstić information content (AvgIpc) is 2.74. The highest BCUT2D eigenvalue weighted by molar-refractivity contribution is 6.03. The van der Waals surface area contributed by atoms with Crippen molar-refractivity contribution in [3.05, 3.63) is 77.6 Å². The smallest absolute Gasteiger partial charge is 0.274 e. The van der Waals surface area contributed by atoms with E-state index >= 15 is 0 Å². The van der Waals surface area contributed by atoms with Gasteiger partial charge in [-0.25, -0.2) is 0 Å². The maximum absolute atomic E-state index is 12.6. The fourth-order valence-corrected chi connectivity index (χ4v) is 2.76. The van der Waals surface area contributed by atoms with E-state index in [2.05, 4.69) is 15.6 Å². The molecule has 0 saturated heterocycles. The summed E-state index contributed by atoms with van der Waals surface area (Å²) in [4.78, 5) is 16.7. The number of hydrogen-bond acceptors (Lipinski definition) is 5. The van der Waals surface area contributed by atoms with Gasteiger partial charge in [-0.05, 0) is 67.4 Å². The molecule has 2 aromatic carbocycles. The number of methoxy groups -OCH3 is 1. The SMILES string of the molecule is COc1ccc(OCCNc2ccnc(C(=O)Nc3cc(C)ccc3C)c2)cc1. The van der Waals surface area contributed by atoms with E-state index in [9.17, 15) is 4.79 Å². The molecular weight excluding hydrogens is 366 g/mol. The van der Waals surface area contributed by atoms with Crippen LogP contribution in [0.5, 0.6) is 11.5 Å². The Labute approximate surface area is 170 Å². The van der Waals surface area contributed by atoms with Crippen molar-refractivity contribution in [2.24, 2.45) is 0 Å². The van der Waals surface area contributed by atoms with E-state index in [0.717, 1.165) is 34.0 Å². The fraction of sp³-hybridized carbons (Fsp3) is 0.217. The zero-order valence-corrected chi connectivity index (χ0v) is 16.9. The van der Waals surface area contributed by atoms with Gasteiger partial charge >= 0.3 is 0 Å². The average molecular weight is 391 g/mol. The molecule has 0 spiro atoms. The van der Waals surface area contributed by atoms with Crippen LogP contribution in [0.3, 0.4) is 0 Å². The third kappa shape index (κ3) is 5.72. The van der Waals surface area contributed by atoms with E-state index in [0.29, 0.717) is 18.8 Å². The summed E-state index contributed by atoms with van der Waals surface area (Å²) < 4.78 is 10.8. The maximum atomic E-state index is 12.6. The predicted octanol–water partition coefficient (Wildman–Crippen LogP) is 4.45. The molecule has 0 saturated carbocycles. The number of aryl methyl sites for hydroxylation is 2.